The predicted octanol–water partition coefficient (Wildman–Crippen LogP) is 4.15. The molecule has 5 heteroatoms. The van der Waals surface area contributed by atoms with E-state index in [0.717, 1.165) is 36.8 Å². The van der Waals surface area contributed by atoms with Crippen LogP contribution in [-0.4, -0.2) is 28.8 Å². The van der Waals surface area contributed by atoms with E-state index < -0.39 is 11.9 Å². The first kappa shape index (κ1) is 21.0. The fraction of sp³-hybridized carbons (Fsp3) is 0.417. The van der Waals surface area contributed by atoms with Crippen LogP contribution in [0, 0.1) is 12.7 Å². The number of carbonyl (C=O) groups excluding carboxylic acids is 2. The van der Waals surface area contributed by atoms with Gasteiger partial charge in [0.15, 0.2) is 0 Å². The second-order valence-corrected chi connectivity index (χ2v) is 7.88. The van der Waals surface area contributed by atoms with Crippen molar-refractivity contribution < 1.29 is 14.0 Å². The second-order valence-electron chi connectivity index (χ2n) is 7.88. The SMILES string of the molecule is Cc1ccccc1CN(C(=O)Cc1ccccc1F)C(C)C(=O)NC1CCCC1. The Labute approximate surface area is 172 Å². The van der Waals surface area contributed by atoms with Crippen molar-refractivity contribution in [2.24, 2.45) is 0 Å². The summed E-state index contributed by atoms with van der Waals surface area (Å²) in [7, 11) is 0. The van der Waals surface area contributed by atoms with Gasteiger partial charge in [-0.25, -0.2) is 4.39 Å². The van der Waals surface area contributed by atoms with Crippen molar-refractivity contribution in [2.45, 2.75) is 64.6 Å². The van der Waals surface area contributed by atoms with Crippen LogP contribution in [0.3, 0.4) is 0 Å². The van der Waals surface area contributed by atoms with Crippen LogP contribution < -0.4 is 5.32 Å². The Morgan fingerprint density at radius 3 is 2.34 bits per heavy atom. The maximum atomic E-state index is 14.1. The Hall–Kier alpha value is -2.69. The smallest absolute Gasteiger partial charge is 0.242 e. The molecule has 2 aromatic rings. The van der Waals surface area contributed by atoms with E-state index in [4.69, 9.17) is 0 Å². The predicted molar refractivity (Wildman–Crippen MR) is 112 cm³/mol. The molecule has 3 rings (SSSR count). The van der Waals surface area contributed by atoms with Gasteiger partial charge in [0.1, 0.15) is 11.9 Å². The number of rotatable bonds is 7. The highest BCUT2D eigenvalue weighted by molar-refractivity contribution is 5.88. The molecule has 154 valence electrons. The maximum absolute atomic E-state index is 14.1. The van der Waals surface area contributed by atoms with Crippen LogP contribution in [-0.2, 0) is 22.6 Å². The van der Waals surface area contributed by atoms with Gasteiger partial charge in [-0.05, 0) is 49.4 Å². The van der Waals surface area contributed by atoms with Gasteiger partial charge in [-0.3, -0.25) is 9.59 Å². The summed E-state index contributed by atoms with van der Waals surface area (Å²) in [5.74, 6) is -0.806. The van der Waals surface area contributed by atoms with Crippen LogP contribution in [0.1, 0.15) is 49.3 Å². The number of nitrogens with one attached hydrogen (secondary N) is 1. The summed E-state index contributed by atoms with van der Waals surface area (Å²) in [5.41, 5.74) is 2.38. The van der Waals surface area contributed by atoms with Crippen molar-refractivity contribution in [3.63, 3.8) is 0 Å². The molecular formula is C24H29FN2O2. The van der Waals surface area contributed by atoms with Crippen molar-refractivity contribution in [1.29, 1.82) is 0 Å². The van der Waals surface area contributed by atoms with Gasteiger partial charge in [0.05, 0.1) is 6.42 Å². The molecule has 1 unspecified atom stereocenters. The number of hydrogen-bond acceptors (Lipinski definition) is 2. The van der Waals surface area contributed by atoms with Gasteiger partial charge in [-0.2, -0.15) is 0 Å². The molecule has 0 aliphatic heterocycles. The summed E-state index contributed by atoms with van der Waals surface area (Å²) in [6, 6.07) is 13.7. The van der Waals surface area contributed by atoms with Crippen molar-refractivity contribution in [2.75, 3.05) is 0 Å². The number of benzene rings is 2. The molecule has 0 saturated heterocycles. The molecule has 2 aromatic carbocycles. The lowest BCUT2D eigenvalue weighted by Crippen LogP contribution is -2.50. The lowest BCUT2D eigenvalue weighted by molar-refractivity contribution is -0.140. The average Bonchev–Trinajstić information content (AvgIpc) is 3.21. The quantitative estimate of drug-likeness (QED) is 0.764. The lowest BCUT2D eigenvalue weighted by atomic mass is 10.1. The molecule has 0 bridgehead atoms. The van der Waals surface area contributed by atoms with Gasteiger partial charge < -0.3 is 10.2 Å². The first-order chi connectivity index (χ1) is 14.0. The first-order valence-corrected chi connectivity index (χ1v) is 10.3. The summed E-state index contributed by atoms with van der Waals surface area (Å²) in [6.45, 7) is 4.05. The third-order valence-electron chi connectivity index (χ3n) is 5.77. The highest BCUT2D eigenvalue weighted by Crippen LogP contribution is 2.20. The molecule has 0 radical (unpaired) electrons. The highest BCUT2D eigenvalue weighted by Gasteiger charge is 2.29. The van der Waals surface area contributed by atoms with E-state index in [0.29, 0.717) is 12.1 Å². The number of amides is 2. The highest BCUT2D eigenvalue weighted by atomic mass is 19.1. The fourth-order valence-electron chi connectivity index (χ4n) is 3.85. The molecule has 0 heterocycles. The van der Waals surface area contributed by atoms with Gasteiger partial charge in [0.2, 0.25) is 11.8 Å². The zero-order valence-corrected chi connectivity index (χ0v) is 17.2. The minimum atomic E-state index is -0.630. The van der Waals surface area contributed by atoms with Crippen molar-refractivity contribution >= 4 is 11.8 Å². The first-order valence-electron chi connectivity index (χ1n) is 10.3. The Morgan fingerprint density at radius 2 is 1.69 bits per heavy atom. The number of hydrogen-bond donors (Lipinski definition) is 1. The van der Waals surface area contributed by atoms with E-state index in [-0.39, 0.29) is 24.3 Å². The molecule has 1 atom stereocenters. The third-order valence-corrected chi connectivity index (χ3v) is 5.77. The van der Waals surface area contributed by atoms with Gasteiger partial charge in [0, 0.05) is 12.6 Å². The van der Waals surface area contributed by atoms with Crippen LogP contribution in [0.4, 0.5) is 4.39 Å². The monoisotopic (exact) mass is 396 g/mol. The van der Waals surface area contributed by atoms with E-state index in [9.17, 15) is 14.0 Å². The molecule has 1 fully saturated rings. The standard InChI is InChI=1S/C24H29FN2O2/c1-17-9-3-4-11-20(17)16-27(18(2)24(29)26-21-12-6-7-13-21)23(28)15-19-10-5-8-14-22(19)25/h3-5,8-11,14,18,21H,6-7,12-13,15-16H2,1-2H3,(H,26,29). The third kappa shape index (κ3) is 5.43. The van der Waals surface area contributed by atoms with Crippen molar-refractivity contribution in [3.05, 3.63) is 71.0 Å². The van der Waals surface area contributed by atoms with E-state index in [1.54, 1.807) is 30.0 Å². The maximum Gasteiger partial charge on any atom is 0.242 e. The van der Waals surface area contributed by atoms with Crippen molar-refractivity contribution in [3.8, 4) is 0 Å². The normalized spacial score (nSPS) is 15.1. The molecule has 1 aliphatic rings. The van der Waals surface area contributed by atoms with Crippen LogP contribution in [0.25, 0.3) is 0 Å². The van der Waals surface area contributed by atoms with E-state index in [1.807, 2.05) is 31.2 Å². The van der Waals surface area contributed by atoms with E-state index in [2.05, 4.69) is 5.32 Å². The van der Waals surface area contributed by atoms with Crippen LogP contribution in [0.2, 0.25) is 0 Å². The Morgan fingerprint density at radius 1 is 1.07 bits per heavy atom. The van der Waals surface area contributed by atoms with Gasteiger partial charge >= 0.3 is 0 Å². The molecular weight excluding hydrogens is 367 g/mol. The van der Waals surface area contributed by atoms with Gasteiger partial charge in [-0.15, -0.1) is 0 Å². The molecule has 1 aliphatic carbocycles. The summed E-state index contributed by atoms with van der Waals surface area (Å²) in [4.78, 5) is 27.6. The van der Waals surface area contributed by atoms with Crippen LogP contribution in [0.15, 0.2) is 48.5 Å². The number of carbonyl (C=O) groups is 2. The summed E-state index contributed by atoms with van der Waals surface area (Å²) < 4.78 is 14.1. The summed E-state index contributed by atoms with van der Waals surface area (Å²) in [6.07, 6.45) is 4.15. The van der Waals surface area contributed by atoms with Crippen LogP contribution >= 0.6 is 0 Å². The Bertz CT molecular complexity index is 861. The molecule has 2 amide bonds. The topological polar surface area (TPSA) is 49.4 Å². The van der Waals surface area contributed by atoms with Gasteiger partial charge in [-0.1, -0.05) is 55.3 Å². The molecule has 29 heavy (non-hydrogen) atoms. The van der Waals surface area contributed by atoms with Gasteiger partial charge in [0.25, 0.3) is 0 Å². The second kappa shape index (κ2) is 9.68. The summed E-state index contributed by atoms with van der Waals surface area (Å²) in [5, 5.41) is 3.08. The largest absolute Gasteiger partial charge is 0.352 e. The number of halogens is 1. The zero-order chi connectivity index (χ0) is 20.8. The molecule has 0 spiro atoms. The average molecular weight is 397 g/mol. The zero-order valence-electron chi connectivity index (χ0n) is 17.2. The molecule has 4 nitrogen and oxygen atoms in total. The molecule has 1 saturated carbocycles. The minimum absolute atomic E-state index is 0.0698. The Kier molecular flexibility index (Phi) is 7.02. The number of nitrogens with zero attached hydrogens (tertiary/aromatic N) is 1. The molecule has 0 aromatic heterocycles. The Balaban J connectivity index is 1.80. The van der Waals surface area contributed by atoms with Crippen molar-refractivity contribution in [1.82, 2.24) is 10.2 Å². The van der Waals surface area contributed by atoms with Crippen LogP contribution in [0.5, 0.6) is 0 Å². The molecule has 1 N–H and O–H groups in total. The lowest BCUT2D eigenvalue weighted by Gasteiger charge is -2.30. The fourth-order valence-corrected chi connectivity index (χ4v) is 3.85. The summed E-state index contributed by atoms with van der Waals surface area (Å²) >= 11 is 0. The van der Waals surface area contributed by atoms with E-state index in [1.165, 1.54) is 6.07 Å². The van der Waals surface area contributed by atoms with E-state index >= 15 is 0 Å². The number of aryl methyl sites for hydroxylation is 1. The minimum Gasteiger partial charge on any atom is -0.352 e.